The van der Waals surface area contributed by atoms with E-state index in [0.717, 1.165) is 39.9 Å². The van der Waals surface area contributed by atoms with Gasteiger partial charge in [-0.2, -0.15) is 0 Å². The number of aromatic amines is 1. The molecule has 6 heteroatoms. The average Bonchev–Trinajstić information content (AvgIpc) is 3.15. The van der Waals surface area contributed by atoms with E-state index >= 15 is 0 Å². The maximum absolute atomic E-state index is 5.18. The molecule has 5 nitrogen and oxygen atoms in total. The van der Waals surface area contributed by atoms with Gasteiger partial charge in [-0.25, -0.2) is 10.1 Å². The summed E-state index contributed by atoms with van der Waals surface area (Å²) in [6.07, 6.45) is 0.982. The minimum atomic E-state index is 0.790. The molecular formula is C17H16N4OS. The maximum atomic E-state index is 5.18. The van der Waals surface area contributed by atoms with Gasteiger partial charge in [-0.05, 0) is 36.2 Å². The van der Waals surface area contributed by atoms with Crippen LogP contribution in [0.4, 0.5) is 0 Å². The maximum Gasteiger partial charge on any atom is 0.231 e. The van der Waals surface area contributed by atoms with Gasteiger partial charge in [0.25, 0.3) is 0 Å². The standard InChI is InChI=1S/C17H16N4OS/c1-22-13-8-6-12(7-9-13)10-11-23-17-20-19-16-18-14-4-2-3-5-15(14)21(16)17/h2-9H,10-11H2,1H3,(H,18,19). The fourth-order valence-corrected chi connectivity index (χ4v) is 3.54. The van der Waals surface area contributed by atoms with Crippen molar-refractivity contribution in [3.05, 3.63) is 54.1 Å². The van der Waals surface area contributed by atoms with Crippen LogP contribution in [0.2, 0.25) is 0 Å². The average molecular weight is 324 g/mol. The number of thioether (sulfide) groups is 1. The van der Waals surface area contributed by atoms with E-state index in [1.165, 1.54) is 5.56 Å². The number of aryl methyl sites for hydroxylation is 1. The number of para-hydroxylation sites is 2. The number of ether oxygens (including phenoxy) is 1. The van der Waals surface area contributed by atoms with Crippen molar-refractivity contribution < 1.29 is 4.74 Å². The van der Waals surface area contributed by atoms with Crippen molar-refractivity contribution in [2.75, 3.05) is 12.9 Å². The van der Waals surface area contributed by atoms with Crippen LogP contribution in [0.15, 0.2) is 53.7 Å². The first-order chi connectivity index (χ1) is 11.3. The van der Waals surface area contributed by atoms with Gasteiger partial charge in [0.15, 0.2) is 5.16 Å². The normalized spacial score (nSPS) is 11.3. The highest BCUT2D eigenvalue weighted by Gasteiger charge is 2.11. The second-order valence-corrected chi connectivity index (χ2v) is 6.27. The molecule has 4 aromatic rings. The lowest BCUT2D eigenvalue weighted by molar-refractivity contribution is 0.414. The van der Waals surface area contributed by atoms with E-state index in [2.05, 4.69) is 37.8 Å². The highest BCUT2D eigenvalue weighted by molar-refractivity contribution is 7.99. The smallest absolute Gasteiger partial charge is 0.231 e. The zero-order valence-corrected chi connectivity index (χ0v) is 13.5. The van der Waals surface area contributed by atoms with Gasteiger partial charge < -0.3 is 4.74 Å². The van der Waals surface area contributed by atoms with Gasteiger partial charge in [0.1, 0.15) is 5.75 Å². The Balaban J connectivity index is 1.51. The van der Waals surface area contributed by atoms with Gasteiger partial charge >= 0.3 is 0 Å². The zero-order chi connectivity index (χ0) is 15.6. The predicted octanol–water partition coefficient (Wildman–Crippen LogP) is 3.55. The van der Waals surface area contributed by atoms with E-state index < -0.39 is 0 Å². The molecule has 4 rings (SSSR count). The molecule has 0 amide bonds. The topological polar surface area (TPSA) is 55.2 Å². The first kappa shape index (κ1) is 14.1. The lowest BCUT2D eigenvalue weighted by Crippen LogP contribution is -1.92. The Morgan fingerprint density at radius 1 is 1.13 bits per heavy atom. The van der Waals surface area contributed by atoms with Gasteiger partial charge in [-0.1, -0.05) is 36.0 Å². The van der Waals surface area contributed by atoms with Gasteiger partial charge in [0.05, 0.1) is 18.1 Å². The third-order valence-electron chi connectivity index (χ3n) is 3.78. The van der Waals surface area contributed by atoms with Crippen LogP contribution in [0.5, 0.6) is 5.75 Å². The summed E-state index contributed by atoms with van der Waals surface area (Å²) in [7, 11) is 1.68. The molecule has 0 aliphatic carbocycles. The van der Waals surface area contributed by atoms with E-state index in [-0.39, 0.29) is 0 Å². The molecular weight excluding hydrogens is 308 g/mol. The van der Waals surface area contributed by atoms with Crippen LogP contribution in [0.25, 0.3) is 16.8 Å². The van der Waals surface area contributed by atoms with Crippen LogP contribution in [-0.2, 0) is 6.42 Å². The van der Waals surface area contributed by atoms with Crippen molar-refractivity contribution in [2.24, 2.45) is 0 Å². The van der Waals surface area contributed by atoms with E-state index in [1.807, 2.05) is 30.3 Å². The number of imidazole rings is 1. The predicted molar refractivity (Wildman–Crippen MR) is 92.3 cm³/mol. The Morgan fingerprint density at radius 3 is 2.78 bits per heavy atom. The lowest BCUT2D eigenvalue weighted by atomic mass is 10.2. The number of H-pyrrole nitrogens is 1. The molecule has 116 valence electrons. The van der Waals surface area contributed by atoms with Crippen LogP contribution >= 0.6 is 11.8 Å². The Labute approximate surface area is 137 Å². The molecule has 2 heterocycles. The highest BCUT2D eigenvalue weighted by Crippen LogP contribution is 2.23. The van der Waals surface area contributed by atoms with Gasteiger partial charge in [-0.15, -0.1) is 5.10 Å². The van der Waals surface area contributed by atoms with Crippen molar-refractivity contribution in [2.45, 2.75) is 11.6 Å². The number of methoxy groups -OCH3 is 1. The van der Waals surface area contributed by atoms with Crippen molar-refractivity contribution >= 4 is 28.6 Å². The van der Waals surface area contributed by atoms with Crippen molar-refractivity contribution in [3.8, 4) is 5.75 Å². The zero-order valence-electron chi connectivity index (χ0n) is 12.7. The summed E-state index contributed by atoms with van der Waals surface area (Å²) in [5.74, 6) is 2.64. The molecule has 0 spiro atoms. The van der Waals surface area contributed by atoms with Crippen LogP contribution in [0.1, 0.15) is 5.56 Å². The Kier molecular flexibility index (Phi) is 3.67. The van der Waals surface area contributed by atoms with Gasteiger partial charge in [0, 0.05) is 5.75 Å². The molecule has 0 bridgehead atoms. The summed E-state index contributed by atoms with van der Waals surface area (Å²) in [6.45, 7) is 0. The Bertz CT molecular complexity index is 942. The molecule has 23 heavy (non-hydrogen) atoms. The summed E-state index contributed by atoms with van der Waals surface area (Å²) in [6, 6.07) is 16.3. The van der Waals surface area contributed by atoms with Gasteiger partial charge in [0.2, 0.25) is 5.78 Å². The molecule has 2 aromatic heterocycles. The third-order valence-corrected chi connectivity index (χ3v) is 4.72. The largest absolute Gasteiger partial charge is 0.497 e. The second kappa shape index (κ2) is 5.96. The number of rotatable bonds is 5. The summed E-state index contributed by atoms with van der Waals surface area (Å²) in [4.78, 5) is 4.54. The molecule has 2 aromatic carbocycles. The molecule has 0 unspecified atom stereocenters. The SMILES string of the molecule is COc1ccc(CCSc2n[nH]c3nc4ccccc4n23)cc1. The van der Waals surface area contributed by atoms with Crippen molar-refractivity contribution in [1.82, 2.24) is 19.6 Å². The second-order valence-electron chi connectivity index (χ2n) is 5.21. The fourth-order valence-electron chi connectivity index (χ4n) is 2.59. The first-order valence-corrected chi connectivity index (χ1v) is 8.41. The Hall–Kier alpha value is -2.47. The van der Waals surface area contributed by atoms with Crippen LogP contribution in [-0.4, -0.2) is 32.4 Å². The number of hydrogen-bond donors (Lipinski definition) is 1. The molecule has 0 fully saturated rings. The molecule has 0 aliphatic heterocycles. The number of nitrogens with one attached hydrogen (secondary N) is 1. The van der Waals surface area contributed by atoms with E-state index in [4.69, 9.17) is 4.74 Å². The molecule has 0 aliphatic rings. The quantitative estimate of drug-likeness (QED) is 0.570. The fraction of sp³-hybridized carbons (Fsp3) is 0.176. The molecule has 0 saturated heterocycles. The molecule has 0 radical (unpaired) electrons. The Morgan fingerprint density at radius 2 is 1.96 bits per heavy atom. The number of aromatic nitrogens is 4. The minimum Gasteiger partial charge on any atom is -0.497 e. The summed E-state index contributed by atoms with van der Waals surface area (Å²) in [5.41, 5.74) is 3.36. The van der Waals surface area contributed by atoms with Crippen molar-refractivity contribution in [1.29, 1.82) is 0 Å². The minimum absolute atomic E-state index is 0.790. The summed E-state index contributed by atoms with van der Waals surface area (Å²) < 4.78 is 7.26. The third kappa shape index (κ3) is 2.66. The number of fused-ring (bicyclic) bond motifs is 3. The van der Waals surface area contributed by atoms with E-state index in [1.54, 1.807) is 18.9 Å². The molecule has 0 atom stereocenters. The van der Waals surface area contributed by atoms with Crippen molar-refractivity contribution in [3.63, 3.8) is 0 Å². The number of benzene rings is 2. The lowest BCUT2D eigenvalue weighted by Gasteiger charge is -2.03. The number of hydrogen-bond acceptors (Lipinski definition) is 4. The van der Waals surface area contributed by atoms with E-state index in [0.29, 0.717) is 0 Å². The summed E-state index contributed by atoms with van der Waals surface area (Å²) in [5, 5.41) is 8.33. The van der Waals surface area contributed by atoms with Crippen LogP contribution < -0.4 is 4.74 Å². The monoisotopic (exact) mass is 324 g/mol. The van der Waals surface area contributed by atoms with Gasteiger partial charge in [-0.3, -0.25) is 4.40 Å². The summed E-state index contributed by atoms with van der Waals surface area (Å²) >= 11 is 1.73. The first-order valence-electron chi connectivity index (χ1n) is 7.42. The highest BCUT2D eigenvalue weighted by atomic mass is 32.2. The van der Waals surface area contributed by atoms with Crippen LogP contribution in [0, 0.1) is 0 Å². The molecule has 0 saturated carbocycles. The molecule has 1 N–H and O–H groups in total. The van der Waals surface area contributed by atoms with Crippen LogP contribution in [0.3, 0.4) is 0 Å². The van der Waals surface area contributed by atoms with E-state index in [9.17, 15) is 0 Å². The number of nitrogens with zero attached hydrogens (tertiary/aromatic N) is 3.